The minimum Gasteiger partial charge on any atom is -0.493 e. The summed E-state index contributed by atoms with van der Waals surface area (Å²) in [5, 5.41) is 2.78. The van der Waals surface area contributed by atoms with Crippen molar-refractivity contribution in [3.8, 4) is 22.8 Å². The Bertz CT molecular complexity index is 1200. The van der Waals surface area contributed by atoms with Crippen LogP contribution >= 0.6 is 0 Å². The average molecular weight is 373 g/mol. The first-order chi connectivity index (χ1) is 13.6. The first-order valence-electron chi connectivity index (χ1n) is 8.79. The third-order valence-electron chi connectivity index (χ3n) is 4.76. The van der Waals surface area contributed by atoms with Crippen molar-refractivity contribution in [2.24, 2.45) is 0 Å². The number of methoxy groups -OCH3 is 3. The number of carbonyl (C=O) groups is 1. The molecule has 28 heavy (non-hydrogen) atoms. The van der Waals surface area contributed by atoms with E-state index < -0.39 is 0 Å². The Kier molecular flexibility index (Phi) is 4.57. The quantitative estimate of drug-likeness (QED) is 0.478. The second-order valence-electron chi connectivity index (χ2n) is 6.33. The molecule has 0 aliphatic heterocycles. The molecule has 3 aromatic carbocycles. The number of para-hydroxylation sites is 1. The molecule has 4 aromatic rings. The van der Waals surface area contributed by atoms with E-state index in [0.717, 1.165) is 27.2 Å². The van der Waals surface area contributed by atoms with Gasteiger partial charge in [0.25, 0.3) is 0 Å². The van der Waals surface area contributed by atoms with Crippen molar-refractivity contribution in [2.75, 3.05) is 21.3 Å². The van der Waals surface area contributed by atoms with E-state index >= 15 is 0 Å². The van der Waals surface area contributed by atoms with Gasteiger partial charge in [0.05, 0.1) is 38.1 Å². The SMILES string of the molecule is COC(=O)c1cc(-c2ccc3cc(OC)c(OC)cc3c2)nc2ccccc12. The number of ether oxygens (including phenoxy) is 3. The molecule has 0 saturated carbocycles. The van der Waals surface area contributed by atoms with Crippen LogP contribution in [0.4, 0.5) is 0 Å². The number of benzene rings is 3. The highest BCUT2D eigenvalue weighted by Gasteiger charge is 2.15. The van der Waals surface area contributed by atoms with Crippen molar-refractivity contribution in [3.05, 3.63) is 66.2 Å². The predicted octanol–water partition coefficient (Wildman–Crippen LogP) is 4.86. The second-order valence-corrected chi connectivity index (χ2v) is 6.33. The van der Waals surface area contributed by atoms with Gasteiger partial charge in [0, 0.05) is 10.9 Å². The van der Waals surface area contributed by atoms with Crippen LogP contribution in [-0.2, 0) is 4.74 Å². The molecule has 0 N–H and O–H groups in total. The lowest BCUT2D eigenvalue weighted by molar-refractivity contribution is 0.0603. The van der Waals surface area contributed by atoms with E-state index in [1.165, 1.54) is 7.11 Å². The van der Waals surface area contributed by atoms with Crippen LogP contribution in [0.1, 0.15) is 10.4 Å². The number of aromatic nitrogens is 1. The van der Waals surface area contributed by atoms with E-state index in [1.54, 1.807) is 20.3 Å². The van der Waals surface area contributed by atoms with Gasteiger partial charge in [-0.15, -0.1) is 0 Å². The molecule has 0 saturated heterocycles. The molecule has 0 unspecified atom stereocenters. The molecule has 140 valence electrons. The van der Waals surface area contributed by atoms with E-state index in [4.69, 9.17) is 19.2 Å². The third kappa shape index (κ3) is 3.01. The number of rotatable bonds is 4. The Morgan fingerprint density at radius 3 is 2.25 bits per heavy atom. The lowest BCUT2D eigenvalue weighted by atomic mass is 10.0. The van der Waals surface area contributed by atoms with Gasteiger partial charge < -0.3 is 14.2 Å². The van der Waals surface area contributed by atoms with Gasteiger partial charge in [0.15, 0.2) is 11.5 Å². The molecule has 0 amide bonds. The van der Waals surface area contributed by atoms with Crippen LogP contribution in [0.5, 0.6) is 11.5 Å². The van der Waals surface area contributed by atoms with Crippen molar-refractivity contribution in [3.63, 3.8) is 0 Å². The number of esters is 1. The highest BCUT2D eigenvalue weighted by atomic mass is 16.5. The van der Waals surface area contributed by atoms with E-state index in [9.17, 15) is 4.79 Å². The maximum Gasteiger partial charge on any atom is 0.338 e. The Balaban J connectivity index is 1.92. The monoisotopic (exact) mass is 373 g/mol. The summed E-state index contributed by atoms with van der Waals surface area (Å²) in [7, 11) is 4.61. The predicted molar refractivity (Wildman–Crippen MR) is 109 cm³/mol. The Morgan fingerprint density at radius 1 is 0.821 bits per heavy atom. The lowest BCUT2D eigenvalue weighted by Gasteiger charge is -2.11. The van der Waals surface area contributed by atoms with Crippen LogP contribution < -0.4 is 9.47 Å². The number of carbonyl (C=O) groups excluding carboxylic acids is 1. The van der Waals surface area contributed by atoms with Crippen LogP contribution in [0.15, 0.2) is 60.7 Å². The van der Waals surface area contributed by atoms with E-state index in [2.05, 4.69) is 0 Å². The van der Waals surface area contributed by atoms with Crippen molar-refractivity contribution in [1.29, 1.82) is 0 Å². The summed E-state index contributed by atoms with van der Waals surface area (Å²) in [6.45, 7) is 0. The zero-order valence-electron chi connectivity index (χ0n) is 15.9. The Hall–Kier alpha value is -3.60. The maximum absolute atomic E-state index is 12.3. The molecular formula is C23H19NO4. The Morgan fingerprint density at radius 2 is 1.54 bits per heavy atom. The summed E-state index contributed by atoms with van der Waals surface area (Å²) in [5.74, 6) is 0.959. The van der Waals surface area contributed by atoms with Crippen molar-refractivity contribution in [2.45, 2.75) is 0 Å². The summed E-state index contributed by atoms with van der Waals surface area (Å²) in [6.07, 6.45) is 0. The average Bonchev–Trinajstić information content (AvgIpc) is 2.76. The molecule has 4 rings (SSSR count). The Labute approximate surface area is 162 Å². The van der Waals surface area contributed by atoms with Gasteiger partial charge in [0.2, 0.25) is 0 Å². The van der Waals surface area contributed by atoms with E-state index in [1.807, 2.05) is 54.6 Å². The van der Waals surface area contributed by atoms with Crippen LogP contribution in [0, 0.1) is 0 Å². The summed E-state index contributed by atoms with van der Waals surface area (Å²) >= 11 is 0. The minimum atomic E-state index is -0.382. The fraction of sp³-hybridized carbons (Fsp3) is 0.130. The number of fused-ring (bicyclic) bond motifs is 2. The standard InChI is InChI=1S/C23H19NO4/c1-26-21-11-14-8-9-15(10-16(14)12-22(21)27-2)20-13-18(23(25)28-3)17-6-4-5-7-19(17)24-20/h4-13H,1-3H3. The van der Waals surface area contributed by atoms with Crippen LogP contribution in [0.3, 0.4) is 0 Å². The topological polar surface area (TPSA) is 57.7 Å². The molecule has 0 radical (unpaired) electrons. The first kappa shape index (κ1) is 17.8. The molecule has 5 nitrogen and oxygen atoms in total. The molecule has 0 spiro atoms. The van der Waals surface area contributed by atoms with Gasteiger partial charge in [0.1, 0.15) is 0 Å². The molecule has 0 aliphatic carbocycles. The zero-order valence-corrected chi connectivity index (χ0v) is 15.9. The molecular weight excluding hydrogens is 354 g/mol. The number of pyridine rings is 1. The largest absolute Gasteiger partial charge is 0.493 e. The minimum absolute atomic E-state index is 0.382. The van der Waals surface area contributed by atoms with Gasteiger partial charge >= 0.3 is 5.97 Å². The smallest absolute Gasteiger partial charge is 0.338 e. The number of hydrogen-bond donors (Lipinski definition) is 0. The number of hydrogen-bond acceptors (Lipinski definition) is 5. The highest BCUT2D eigenvalue weighted by molar-refractivity contribution is 6.04. The fourth-order valence-corrected chi connectivity index (χ4v) is 3.34. The lowest BCUT2D eigenvalue weighted by Crippen LogP contribution is -2.03. The molecule has 1 heterocycles. The van der Waals surface area contributed by atoms with Gasteiger partial charge in [-0.1, -0.05) is 30.3 Å². The molecule has 0 atom stereocenters. The van der Waals surface area contributed by atoms with Crippen molar-refractivity contribution >= 4 is 27.6 Å². The maximum atomic E-state index is 12.3. The zero-order chi connectivity index (χ0) is 19.7. The third-order valence-corrected chi connectivity index (χ3v) is 4.76. The van der Waals surface area contributed by atoms with Crippen LogP contribution in [0.25, 0.3) is 32.9 Å². The first-order valence-corrected chi connectivity index (χ1v) is 8.79. The van der Waals surface area contributed by atoms with Gasteiger partial charge in [-0.3, -0.25) is 0 Å². The summed E-state index contributed by atoms with van der Waals surface area (Å²) < 4.78 is 15.7. The van der Waals surface area contributed by atoms with E-state index in [-0.39, 0.29) is 5.97 Å². The summed E-state index contributed by atoms with van der Waals surface area (Å²) in [6, 6.07) is 19.2. The molecule has 0 bridgehead atoms. The summed E-state index contributed by atoms with van der Waals surface area (Å²) in [4.78, 5) is 17.0. The van der Waals surface area contributed by atoms with Crippen molar-refractivity contribution < 1.29 is 19.0 Å². The normalized spacial score (nSPS) is 10.8. The van der Waals surface area contributed by atoms with Crippen molar-refractivity contribution in [1.82, 2.24) is 4.98 Å². The fourth-order valence-electron chi connectivity index (χ4n) is 3.34. The molecule has 5 heteroatoms. The van der Waals surface area contributed by atoms with Gasteiger partial charge in [-0.2, -0.15) is 0 Å². The molecule has 0 aliphatic rings. The second kappa shape index (κ2) is 7.19. The summed E-state index contributed by atoms with van der Waals surface area (Å²) in [5.41, 5.74) is 2.84. The molecule has 0 fully saturated rings. The van der Waals surface area contributed by atoms with Gasteiger partial charge in [-0.25, -0.2) is 9.78 Å². The van der Waals surface area contributed by atoms with E-state index in [0.29, 0.717) is 22.8 Å². The number of nitrogens with zero attached hydrogens (tertiary/aromatic N) is 1. The molecule has 1 aromatic heterocycles. The highest BCUT2D eigenvalue weighted by Crippen LogP contribution is 2.34. The van der Waals surface area contributed by atoms with Gasteiger partial charge in [-0.05, 0) is 41.1 Å². The van der Waals surface area contributed by atoms with Crippen LogP contribution in [0.2, 0.25) is 0 Å². The van der Waals surface area contributed by atoms with Crippen LogP contribution in [-0.4, -0.2) is 32.3 Å².